The van der Waals surface area contributed by atoms with Crippen LogP contribution in [0, 0.1) is 23.1 Å². The summed E-state index contributed by atoms with van der Waals surface area (Å²) in [6.45, 7) is 0. The molecule has 0 bridgehead atoms. The van der Waals surface area contributed by atoms with Gasteiger partial charge in [0, 0.05) is 5.92 Å². The van der Waals surface area contributed by atoms with Gasteiger partial charge in [-0.3, -0.25) is 4.79 Å². The minimum absolute atomic E-state index is 0.130. The molecule has 3 nitrogen and oxygen atoms in total. The highest BCUT2D eigenvalue weighted by atomic mass is 19.1. The van der Waals surface area contributed by atoms with E-state index in [0.717, 1.165) is 6.07 Å². The van der Waals surface area contributed by atoms with E-state index in [1.165, 1.54) is 23.3 Å². The fraction of sp³-hybridized carbons (Fsp3) is 0.176. The number of amides is 1. The van der Waals surface area contributed by atoms with Crippen LogP contribution < -0.4 is 5.32 Å². The van der Waals surface area contributed by atoms with Crippen molar-refractivity contribution in [1.82, 2.24) is 0 Å². The molecule has 1 amide bonds. The monoisotopic (exact) mass is 280 g/mol. The molecule has 0 heterocycles. The number of rotatable bonds is 2. The largest absolute Gasteiger partial charge is 0.325 e. The summed E-state index contributed by atoms with van der Waals surface area (Å²) < 4.78 is 13.1. The minimum atomic E-state index is -0.488. The van der Waals surface area contributed by atoms with Crippen LogP contribution in [-0.4, -0.2) is 5.91 Å². The quantitative estimate of drug-likeness (QED) is 0.919. The fourth-order valence-electron chi connectivity index (χ4n) is 2.70. The molecule has 0 radical (unpaired) electrons. The van der Waals surface area contributed by atoms with Gasteiger partial charge in [-0.25, -0.2) is 4.39 Å². The van der Waals surface area contributed by atoms with E-state index in [1.54, 1.807) is 0 Å². The number of carbonyl (C=O) groups is 1. The molecule has 2 aromatic rings. The average Bonchev–Trinajstić information content (AvgIpc) is 2.93. The Morgan fingerprint density at radius 3 is 2.48 bits per heavy atom. The molecule has 104 valence electrons. The van der Waals surface area contributed by atoms with Gasteiger partial charge in [0.15, 0.2) is 0 Å². The molecule has 0 saturated carbocycles. The van der Waals surface area contributed by atoms with Crippen LogP contribution in [0.3, 0.4) is 0 Å². The zero-order valence-electron chi connectivity index (χ0n) is 11.3. The molecule has 0 unspecified atom stereocenters. The molecule has 0 atom stereocenters. The summed E-state index contributed by atoms with van der Waals surface area (Å²) in [5, 5.41) is 11.7. The summed E-state index contributed by atoms with van der Waals surface area (Å²) in [5.74, 6) is -0.758. The lowest BCUT2D eigenvalue weighted by atomic mass is 10.0. The Morgan fingerprint density at radius 2 is 1.86 bits per heavy atom. The van der Waals surface area contributed by atoms with Crippen molar-refractivity contribution in [2.24, 2.45) is 5.92 Å². The van der Waals surface area contributed by atoms with Gasteiger partial charge in [0.25, 0.3) is 0 Å². The maximum absolute atomic E-state index is 13.1. The van der Waals surface area contributed by atoms with Gasteiger partial charge in [0.05, 0.1) is 11.3 Å². The molecule has 0 spiro atoms. The predicted molar refractivity (Wildman–Crippen MR) is 77.1 cm³/mol. The van der Waals surface area contributed by atoms with Gasteiger partial charge < -0.3 is 5.32 Å². The molecule has 0 aliphatic heterocycles. The minimum Gasteiger partial charge on any atom is -0.325 e. The molecule has 1 aliphatic carbocycles. The molecule has 21 heavy (non-hydrogen) atoms. The van der Waals surface area contributed by atoms with E-state index in [9.17, 15) is 9.18 Å². The third kappa shape index (κ3) is 2.63. The first kappa shape index (κ1) is 13.3. The van der Waals surface area contributed by atoms with Crippen LogP contribution in [0.1, 0.15) is 16.7 Å². The Balaban J connectivity index is 1.76. The van der Waals surface area contributed by atoms with Crippen LogP contribution in [0.2, 0.25) is 0 Å². The summed E-state index contributed by atoms with van der Waals surface area (Å²) in [6.07, 6.45) is 1.40. The zero-order chi connectivity index (χ0) is 14.8. The Kier molecular flexibility index (Phi) is 3.41. The van der Waals surface area contributed by atoms with Gasteiger partial charge in [-0.1, -0.05) is 24.3 Å². The maximum atomic E-state index is 13.1. The second-order valence-electron chi connectivity index (χ2n) is 5.16. The van der Waals surface area contributed by atoms with Crippen molar-refractivity contribution in [3.63, 3.8) is 0 Å². The standard InChI is InChI=1S/C17H13FN2O/c18-15-5-6-16(14(9-15)10-19)20-17(21)13-7-11-3-1-2-4-12(11)8-13/h1-6,9,13H,7-8H2,(H,20,21). The number of hydrogen-bond donors (Lipinski definition) is 1. The van der Waals surface area contributed by atoms with E-state index < -0.39 is 5.82 Å². The maximum Gasteiger partial charge on any atom is 0.228 e. The highest BCUT2D eigenvalue weighted by Gasteiger charge is 2.27. The van der Waals surface area contributed by atoms with Crippen molar-refractivity contribution in [3.8, 4) is 6.07 Å². The summed E-state index contributed by atoms with van der Waals surface area (Å²) in [5.41, 5.74) is 2.88. The number of fused-ring (bicyclic) bond motifs is 1. The van der Waals surface area contributed by atoms with Crippen molar-refractivity contribution in [1.29, 1.82) is 5.26 Å². The molecule has 4 heteroatoms. The van der Waals surface area contributed by atoms with Crippen LogP contribution in [0.5, 0.6) is 0 Å². The third-order valence-corrected chi connectivity index (χ3v) is 3.78. The van der Waals surface area contributed by atoms with E-state index in [0.29, 0.717) is 18.5 Å². The molecule has 0 saturated heterocycles. The van der Waals surface area contributed by atoms with Crippen LogP contribution in [0.15, 0.2) is 42.5 Å². The predicted octanol–water partition coefficient (Wildman–Crippen LogP) is 3.05. The smallest absolute Gasteiger partial charge is 0.228 e. The number of nitrogens with zero attached hydrogens (tertiary/aromatic N) is 1. The van der Waals surface area contributed by atoms with Crippen LogP contribution in [-0.2, 0) is 17.6 Å². The van der Waals surface area contributed by atoms with Crippen LogP contribution >= 0.6 is 0 Å². The number of halogens is 1. The Labute approximate surface area is 122 Å². The van der Waals surface area contributed by atoms with E-state index in [4.69, 9.17) is 5.26 Å². The number of carbonyl (C=O) groups excluding carboxylic acids is 1. The van der Waals surface area contributed by atoms with Crippen molar-refractivity contribution >= 4 is 11.6 Å². The molecule has 0 aromatic heterocycles. The van der Waals surface area contributed by atoms with Gasteiger partial charge in [0.1, 0.15) is 11.9 Å². The van der Waals surface area contributed by atoms with Gasteiger partial charge in [-0.15, -0.1) is 0 Å². The molecule has 3 rings (SSSR count). The average molecular weight is 280 g/mol. The second-order valence-corrected chi connectivity index (χ2v) is 5.16. The lowest BCUT2D eigenvalue weighted by Crippen LogP contribution is -2.23. The van der Waals surface area contributed by atoms with E-state index in [1.807, 2.05) is 30.3 Å². The molecule has 2 aromatic carbocycles. The van der Waals surface area contributed by atoms with Gasteiger partial charge in [-0.05, 0) is 42.2 Å². The van der Waals surface area contributed by atoms with Crippen LogP contribution in [0.4, 0.5) is 10.1 Å². The summed E-state index contributed by atoms with van der Waals surface area (Å²) in [6, 6.07) is 13.7. The summed E-state index contributed by atoms with van der Waals surface area (Å²) in [4.78, 5) is 12.3. The number of hydrogen-bond acceptors (Lipinski definition) is 2. The molecule has 1 aliphatic rings. The van der Waals surface area contributed by atoms with Crippen molar-refractivity contribution in [3.05, 3.63) is 65.0 Å². The van der Waals surface area contributed by atoms with Crippen molar-refractivity contribution in [2.75, 3.05) is 5.32 Å². The number of nitriles is 1. The first-order valence-electron chi connectivity index (χ1n) is 6.74. The molecule has 1 N–H and O–H groups in total. The van der Waals surface area contributed by atoms with E-state index in [2.05, 4.69) is 5.32 Å². The normalized spacial score (nSPS) is 13.5. The number of anilines is 1. The van der Waals surface area contributed by atoms with Gasteiger partial charge >= 0.3 is 0 Å². The Hall–Kier alpha value is -2.67. The highest BCUT2D eigenvalue weighted by Crippen LogP contribution is 2.28. The van der Waals surface area contributed by atoms with Gasteiger partial charge in [-0.2, -0.15) is 5.26 Å². The fourth-order valence-corrected chi connectivity index (χ4v) is 2.70. The van der Waals surface area contributed by atoms with E-state index >= 15 is 0 Å². The van der Waals surface area contributed by atoms with E-state index in [-0.39, 0.29) is 17.4 Å². The Bertz CT molecular complexity index is 724. The molecular weight excluding hydrogens is 267 g/mol. The van der Waals surface area contributed by atoms with Crippen molar-refractivity contribution in [2.45, 2.75) is 12.8 Å². The highest BCUT2D eigenvalue weighted by molar-refractivity contribution is 5.94. The molecule has 0 fully saturated rings. The SMILES string of the molecule is N#Cc1cc(F)ccc1NC(=O)C1Cc2ccccc2C1. The number of benzene rings is 2. The first-order valence-corrected chi connectivity index (χ1v) is 6.74. The Morgan fingerprint density at radius 1 is 1.19 bits per heavy atom. The summed E-state index contributed by atoms with van der Waals surface area (Å²) >= 11 is 0. The number of nitrogens with one attached hydrogen (secondary N) is 1. The summed E-state index contributed by atoms with van der Waals surface area (Å²) in [7, 11) is 0. The second kappa shape index (κ2) is 5.37. The van der Waals surface area contributed by atoms with Crippen molar-refractivity contribution < 1.29 is 9.18 Å². The topological polar surface area (TPSA) is 52.9 Å². The lowest BCUT2D eigenvalue weighted by Gasteiger charge is -2.11. The third-order valence-electron chi connectivity index (χ3n) is 3.78. The first-order chi connectivity index (χ1) is 10.2. The van der Waals surface area contributed by atoms with Gasteiger partial charge in [0.2, 0.25) is 5.91 Å². The lowest BCUT2D eigenvalue weighted by molar-refractivity contribution is -0.119. The van der Waals surface area contributed by atoms with Crippen LogP contribution in [0.25, 0.3) is 0 Å². The molecular formula is C17H13FN2O. The zero-order valence-corrected chi connectivity index (χ0v) is 11.3.